The van der Waals surface area contributed by atoms with Crippen molar-refractivity contribution in [3.63, 3.8) is 0 Å². The summed E-state index contributed by atoms with van der Waals surface area (Å²) in [7, 11) is 3.22. The van der Waals surface area contributed by atoms with Crippen LogP contribution in [0.3, 0.4) is 0 Å². The maximum Gasteiger partial charge on any atom is 0.228 e. The lowest BCUT2D eigenvalue weighted by Gasteiger charge is -2.37. The van der Waals surface area contributed by atoms with E-state index in [0.29, 0.717) is 50.5 Å². The number of nitrogens with zero attached hydrogens (tertiary/aromatic N) is 3. The number of carbonyl (C=O) groups is 2. The van der Waals surface area contributed by atoms with Gasteiger partial charge < -0.3 is 24.2 Å². The first-order chi connectivity index (χ1) is 15.6. The molecule has 0 bridgehead atoms. The van der Waals surface area contributed by atoms with E-state index >= 15 is 0 Å². The Morgan fingerprint density at radius 2 is 1.69 bits per heavy atom. The molecule has 0 aromatic heterocycles. The van der Waals surface area contributed by atoms with Crippen molar-refractivity contribution in [1.82, 2.24) is 9.80 Å². The van der Waals surface area contributed by atoms with E-state index in [2.05, 4.69) is 17.0 Å². The second-order valence-electron chi connectivity index (χ2n) is 8.33. The molecule has 32 heavy (non-hydrogen) atoms. The highest BCUT2D eigenvalue weighted by atomic mass is 16.5. The largest absolute Gasteiger partial charge is 0.493 e. The fourth-order valence-electron chi connectivity index (χ4n) is 4.54. The van der Waals surface area contributed by atoms with Gasteiger partial charge in [-0.05, 0) is 36.2 Å². The van der Waals surface area contributed by atoms with E-state index in [-0.39, 0.29) is 17.7 Å². The summed E-state index contributed by atoms with van der Waals surface area (Å²) in [6.07, 6.45) is 1.02. The molecule has 4 rings (SSSR count). The SMILES string of the molecule is COc1ccc(CCN2C[C@@H](C(=O)N3CCN(c4ccccc4)CC3)CC2=O)cc1OC. The van der Waals surface area contributed by atoms with Crippen LogP contribution in [-0.2, 0) is 16.0 Å². The fraction of sp³-hybridized carbons (Fsp3) is 0.440. The average molecular weight is 438 g/mol. The van der Waals surface area contributed by atoms with Crippen molar-refractivity contribution in [2.45, 2.75) is 12.8 Å². The number of methoxy groups -OCH3 is 2. The number of anilines is 1. The van der Waals surface area contributed by atoms with Gasteiger partial charge in [0.25, 0.3) is 0 Å². The van der Waals surface area contributed by atoms with E-state index in [0.717, 1.165) is 18.7 Å². The predicted molar refractivity (Wildman–Crippen MR) is 123 cm³/mol. The summed E-state index contributed by atoms with van der Waals surface area (Å²) in [6, 6.07) is 16.1. The Kier molecular flexibility index (Phi) is 6.83. The predicted octanol–water partition coefficient (Wildman–Crippen LogP) is 2.44. The van der Waals surface area contributed by atoms with Gasteiger partial charge in [0, 0.05) is 51.4 Å². The number of para-hydroxylation sites is 1. The van der Waals surface area contributed by atoms with Gasteiger partial charge in [0.05, 0.1) is 20.1 Å². The van der Waals surface area contributed by atoms with Crippen LogP contribution in [0.1, 0.15) is 12.0 Å². The Morgan fingerprint density at radius 3 is 2.38 bits per heavy atom. The molecule has 0 N–H and O–H groups in total. The minimum Gasteiger partial charge on any atom is -0.493 e. The normalized spacial score (nSPS) is 18.8. The summed E-state index contributed by atoms with van der Waals surface area (Å²) in [5.41, 5.74) is 2.26. The molecule has 170 valence electrons. The van der Waals surface area contributed by atoms with Crippen LogP contribution in [0.5, 0.6) is 11.5 Å². The van der Waals surface area contributed by atoms with Crippen LogP contribution in [0.4, 0.5) is 5.69 Å². The highest BCUT2D eigenvalue weighted by molar-refractivity contribution is 5.89. The fourth-order valence-corrected chi connectivity index (χ4v) is 4.54. The van der Waals surface area contributed by atoms with Gasteiger partial charge in [0.2, 0.25) is 11.8 Å². The molecule has 0 aliphatic carbocycles. The van der Waals surface area contributed by atoms with Gasteiger partial charge in [-0.2, -0.15) is 0 Å². The van der Waals surface area contributed by atoms with Gasteiger partial charge in [-0.25, -0.2) is 0 Å². The van der Waals surface area contributed by atoms with Gasteiger partial charge in [-0.3, -0.25) is 9.59 Å². The molecule has 2 aliphatic heterocycles. The van der Waals surface area contributed by atoms with Crippen LogP contribution < -0.4 is 14.4 Å². The Bertz CT molecular complexity index is 941. The third-order valence-electron chi connectivity index (χ3n) is 6.39. The second kappa shape index (κ2) is 9.94. The van der Waals surface area contributed by atoms with Crippen molar-refractivity contribution in [2.24, 2.45) is 5.92 Å². The molecular weight excluding hydrogens is 406 g/mol. The van der Waals surface area contributed by atoms with E-state index in [1.807, 2.05) is 46.2 Å². The molecule has 0 radical (unpaired) electrons. The molecule has 2 aromatic rings. The first-order valence-corrected chi connectivity index (χ1v) is 11.2. The summed E-state index contributed by atoms with van der Waals surface area (Å²) >= 11 is 0. The smallest absolute Gasteiger partial charge is 0.228 e. The maximum absolute atomic E-state index is 13.1. The average Bonchev–Trinajstić information content (AvgIpc) is 3.23. The van der Waals surface area contributed by atoms with E-state index in [1.54, 1.807) is 14.2 Å². The zero-order chi connectivity index (χ0) is 22.5. The summed E-state index contributed by atoms with van der Waals surface area (Å²) in [5, 5.41) is 0. The molecule has 2 fully saturated rings. The first-order valence-electron chi connectivity index (χ1n) is 11.2. The zero-order valence-electron chi connectivity index (χ0n) is 18.8. The summed E-state index contributed by atoms with van der Waals surface area (Å²) in [4.78, 5) is 31.7. The summed E-state index contributed by atoms with van der Waals surface area (Å²) in [6.45, 7) is 4.14. The van der Waals surface area contributed by atoms with Crippen LogP contribution in [0.15, 0.2) is 48.5 Å². The molecule has 0 unspecified atom stereocenters. The Morgan fingerprint density at radius 1 is 0.969 bits per heavy atom. The molecule has 2 heterocycles. The zero-order valence-corrected chi connectivity index (χ0v) is 18.8. The number of hydrogen-bond donors (Lipinski definition) is 0. The Hall–Kier alpha value is -3.22. The highest BCUT2D eigenvalue weighted by Crippen LogP contribution is 2.28. The molecule has 2 amide bonds. The lowest BCUT2D eigenvalue weighted by atomic mass is 10.1. The highest BCUT2D eigenvalue weighted by Gasteiger charge is 2.37. The number of carbonyl (C=O) groups excluding carboxylic acids is 2. The van der Waals surface area contributed by atoms with Crippen LogP contribution in [0, 0.1) is 5.92 Å². The number of likely N-dealkylation sites (tertiary alicyclic amines) is 1. The molecule has 7 heteroatoms. The van der Waals surface area contributed by atoms with Crippen molar-refractivity contribution in [2.75, 3.05) is 58.4 Å². The van der Waals surface area contributed by atoms with Crippen molar-refractivity contribution in [3.05, 3.63) is 54.1 Å². The van der Waals surface area contributed by atoms with Gasteiger partial charge in [0.1, 0.15) is 0 Å². The van der Waals surface area contributed by atoms with Gasteiger partial charge >= 0.3 is 0 Å². The van der Waals surface area contributed by atoms with Crippen molar-refractivity contribution >= 4 is 17.5 Å². The molecule has 0 spiro atoms. The molecule has 1 atom stereocenters. The number of amides is 2. The minimum absolute atomic E-state index is 0.0618. The number of ether oxygens (including phenoxy) is 2. The van der Waals surface area contributed by atoms with Crippen LogP contribution in [-0.4, -0.2) is 75.1 Å². The molecule has 7 nitrogen and oxygen atoms in total. The number of piperazine rings is 1. The number of hydrogen-bond acceptors (Lipinski definition) is 5. The summed E-state index contributed by atoms with van der Waals surface area (Å²) < 4.78 is 10.6. The number of benzene rings is 2. The first kappa shape index (κ1) is 22.0. The molecule has 2 saturated heterocycles. The maximum atomic E-state index is 13.1. The topological polar surface area (TPSA) is 62.3 Å². The Balaban J connectivity index is 1.28. The number of rotatable bonds is 7. The van der Waals surface area contributed by atoms with Crippen molar-refractivity contribution in [3.8, 4) is 11.5 Å². The molecule has 2 aliphatic rings. The molecule has 2 aromatic carbocycles. The quantitative estimate of drug-likeness (QED) is 0.666. The van der Waals surface area contributed by atoms with Gasteiger partial charge in [-0.1, -0.05) is 24.3 Å². The Labute approximate surface area is 189 Å². The van der Waals surface area contributed by atoms with Crippen LogP contribution in [0.2, 0.25) is 0 Å². The van der Waals surface area contributed by atoms with E-state index in [4.69, 9.17) is 9.47 Å². The van der Waals surface area contributed by atoms with Crippen LogP contribution in [0.25, 0.3) is 0 Å². The monoisotopic (exact) mass is 437 g/mol. The third kappa shape index (κ3) is 4.82. The van der Waals surface area contributed by atoms with E-state index in [9.17, 15) is 9.59 Å². The third-order valence-corrected chi connectivity index (χ3v) is 6.39. The van der Waals surface area contributed by atoms with E-state index in [1.165, 1.54) is 5.69 Å². The van der Waals surface area contributed by atoms with Gasteiger partial charge in [-0.15, -0.1) is 0 Å². The lowest BCUT2D eigenvalue weighted by Crippen LogP contribution is -2.50. The van der Waals surface area contributed by atoms with E-state index < -0.39 is 0 Å². The lowest BCUT2D eigenvalue weighted by molar-refractivity contribution is -0.136. The standard InChI is InChI=1S/C25H31N3O4/c1-31-22-9-8-19(16-23(22)32-2)10-11-28-18-20(17-24(28)29)25(30)27-14-12-26(13-15-27)21-6-4-3-5-7-21/h3-9,16,20H,10-15,17-18H2,1-2H3/t20-/m0/s1. The van der Waals surface area contributed by atoms with Crippen molar-refractivity contribution in [1.29, 1.82) is 0 Å². The van der Waals surface area contributed by atoms with Gasteiger partial charge in [0.15, 0.2) is 11.5 Å². The molecule has 0 saturated carbocycles. The summed E-state index contributed by atoms with van der Waals surface area (Å²) in [5.74, 6) is 1.30. The minimum atomic E-state index is -0.240. The van der Waals surface area contributed by atoms with Crippen molar-refractivity contribution < 1.29 is 19.1 Å². The molecular formula is C25H31N3O4. The van der Waals surface area contributed by atoms with Crippen LogP contribution >= 0.6 is 0 Å². The second-order valence-corrected chi connectivity index (χ2v) is 8.33.